The summed E-state index contributed by atoms with van der Waals surface area (Å²) in [4.78, 5) is 30.7. The summed E-state index contributed by atoms with van der Waals surface area (Å²) in [5, 5.41) is 6.20. The van der Waals surface area contributed by atoms with E-state index in [1.165, 1.54) is 0 Å². The predicted octanol–water partition coefficient (Wildman–Crippen LogP) is 1.83. The number of carbonyl (C=O) groups excluding carboxylic acids is 2. The SMILES string of the molecule is O=C(Nc1ccc2c(c1)CCN2C(=O)c1cccnc1)[C@H]1CCNC1. The van der Waals surface area contributed by atoms with Crippen LogP contribution in [0.3, 0.4) is 0 Å². The van der Waals surface area contributed by atoms with Crippen molar-refractivity contribution in [3.05, 3.63) is 53.9 Å². The molecule has 6 nitrogen and oxygen atoms in total. The zero-order valence-corrected chi connectivity index (χ0v) is 13.9. The van der Waals surface area contributed by atoms with E-state index in [-0.39, 0.29) is 17.7 Å². The van der Waals surface area contributed by atoms with Gasteiger partial charge in [-0.05, 0) is 55.3 Å². The first kappa shape index (κ1) is 15.8. The molecule has 1 fully saturated rings. The number of pyridine rings is 1. The highest BCUT2D eigenvalue weighted by Gasteiger charge is 2.27. The van der Waals surface area contributed by atoms with Crippen molar-refractivity contribution < 1.29 is 9.59 Å². The number of aromatic nitrogens is 1. The largest absolute Gasteiger partial charge is 0.326 e. The fraction of sp³-hybridized carbons (Fsp3) is 0.316. The Morgan fingerprint density at radius 3 is 2.96 bits per heavy atom. The van der Waals surface area contributed by atoms with Gasteiger partial charge in [0.2, 0.25) is 5.91 Å². The van der Waals surface area contributed by atoms with Crippen LogP contribution < -0.4 is 15.5 Å². The van der Waals surface area contributed by atoms with Crippen LogP contribution in [0.1, 0.15) is 22.3 Å². The predicted molar refractivity (Wildman–Crippen MR) is 95.7 cm³/mol. The van der Waals surface area contributed by atoms with Crippen LogP contribution in [0.2, 0.25) is 0 Å². The Kier molecular flexibility index (Phi) is 4.19. The molecule has 0 bridgehead atoms. The van der Waals surface area contributed by atoms with Gasteiger partial charge in [-0.3, -0.25) is 14.6 Å². The van der Waals surface area contributed by atoms with Crippen LogP contribution in [0, 0.1) is 5.92 Å². The molecule has 4 rings (SSSR count). The topological polar surface area (TPSA) is 74.3 Å². The number of hydrogen-bond acceptors (Lipinski definition) is 4. The Labute approximate surface area is 146 Å². The first-order valence-electron chi connectivity index (χ1n) is 8.59. The van der Waals surface area contributed by atoms with Gasteiger partial charge in [0.05, 0.1) is 11.5 Å². The Balaban J connectivity index is 1.50. The Morgan fingerprint density at radius 2 is 2.20 bits per heavy atom. The fourth-order valence-electron chi connectivity index (χ4n) is 3.46. The Hall–Kier alpha value is -2.73. The molecule has 128 valence electrons. The van der Waals surface area contributed by atoms with Crippen LogP contribution in [0.5, 0.6) is 0 Å². The Bertz CT molecular complexity index is 800. The van der Waals surface area contributed by atoms with Gasteiger partial charge in [-0.2, -0.15) is 0 Å². The van der Waals surface area contributed by atoms with Gasteiger partial charge in [0.15, 0.2) is 0 Å². The average molecular weight is 336 g/mol. The van der Waals surface area contributed by atoms with Crippen LogP contribution in [0.25, 0.3) is 0 Å². The highest BCUT2D eigenvalue weighted by molar-refractivity contribution is 6.07. The number of carbonyl (C=O) groups is 2. The molecule has 2 aromatic rings. The summed E-state index contributed by atoms with van der Waals surface area (Å²) in [6, 6.07) is 9.30. The standard InChI is InChI=1S/C19H20N4O2/c24-18(14-5-8-21-11-14)22-16-3-4-17-13(10-16)6-9-23(17)19(25)15-2-1-7-20-12-15/h1-4,7,10,12,14,21H,5-6,8-9,11H2,(H,22,24)/t14-/m0/s1. The smallest absolute Gasteiger partial charge is 0.259 e. The molecule has 1 aromatic heterocycles. The number of benzene rings is 1. The third kappa shape index (κ3) is 3.13. The molecule has 2 amide bonds. The quantitative estimate of drug-likeness (QED) is 0.897. The van der Waals surface area contributed by atoms with Crippen LogP contribution in [0.15, 0.2) is 42.7 Å². The lowest BCUT2D eigenvalue weighted by atomic mass is 10.1. The summed E-state index contributed by atoms with van der Waals surface area (Å²) in [7, 11) is 0. The van der Waals surface area contributed by atoms with E-state index in [1.54, 1.807) is 29.4 Å². The van der Waals surface area contributed by atoms with Gasteiger partial charge < -0.3 is 15.5 Å². The number of rotatable bonds is 3. The van der Waals surface area contributed by atoms with Crippen molar-refractivity contribution in [1.82, 2.24) is 10.3 Å². The van der Waals surface area contributed by atoms with Crippen molar-refractivity contribution in [3.63, 3.8) is 0 Å². The number of amides is 2. The van der Waals surface area contributed by atoms with Crippen molar-refractivity contribution in [2.45, 2.75) is 12.8 Å². The summed E-state index contributed by atoms with van der Waals surface area (Å²) in [5.41, 5.74) is 3.38. The molecule has 2 aliphatic heterocycles. The molecule has 0 aliphatic carbocycles. The zero-order valence-electron chi connectivity index (χ0n) is 13.9. The van der Waals surface area contributed by atoms with Crippen molar-refractivity contribution in [3.8, 4) is 0 Å². The number of anilines is 2. The van der Waals surface area contributed by atoms with E-state index in [1.807, 2.05) is 18.2 Å². The van der Waals surface area contributed by atoms with E-state index < -0.39 is 0 Å². The average Bonchev–Trinajstić information content (AvgIpc) is 3.31. The molecule has 1 atom stereocenters. The summed E-state index contributed by atoms with van der Waals surface area (Å²) in [5.74, 6) is 0.0591. The first-order chi connectivity index (χ1) is 12.2. The monoisotopic (exact) mass is 336 g/mol. The van der Waals surface area contributed by atoms with E-state index in [9.17, 15) is 9.59 Å². The van der Waals surface area contributed by atoms with E-state index in [0.717, 1.165) is 42.9 Å². The highest BCUT2D eigenvalue weighted by Crippen LogP contribution is 2.31. The minimum atomic E-state index is -0.0411. The van der Waals surface area contributed by atoms with Crippen molar-refractivity contribution in [2.24, 2.45) is 5.92 Å². The number of nitrogens with one attached hydrogen (secondary N) is 2. The lowest BCUT2D eigenvalue weighted by molar-refractivity contribution is -0.119. The van der Waals surface area contributed by atoms with Gasteiger partial charge in [0.25, 0.3) is 5.91 Å². The summed E-state index contributed by atoms with van der Waals surface area (Å²) in [6.45, 7) is 2.28. The Morgan fingerprint density at radius 1 is 1.28 bits per heavy atom. The van der Waals surface area contributed by atoms with E-state index >= 15 is 0 Å². The second-order valence-electron chi connectivity index (χ2n) is 6.47. The molecule has 0 radical (unpaired) electrons. The molecular formula is C19H20N4O2. The van der Waals surface area contributed by atoms with E-state index in [2.05, 4.69) is 15.6 Å². The van der Waals surface area contributed by atoms with E-state index in [0.29, 0.717) is 12.1 Å². The molecule has 1 aromatic carbocycles. The fourth-order valence-corrected chi connectivity index (χ4v) is 3.46. The maximum absolute atomic E-state index is 12.7. The van der Waals surface area contributed by atoms with Gasteiger partial charge in [-0.15, -0.1) is 0 Å². The molecule has 0 unspecified atom stereocenters. The minimum absolute atomic E-state index is 0.0388. The highest BCUT2D eigenvalue weighted by atomic mass is 16.2. The molecule has 0 spiro atoms. The van der Waals surface area contributed by atoms with Crippen LogP contribution in [-0.4, -0.2) is 36.4 Å². The molecule has 6 heteroatoms. The van der Waals surface area contributed by atoms with Gasteiger partial charge in [-0.1, -0.05) is 0 Å². The van der Waals surface area contributed by atoms with Gasteiger partial charge >= 0.3 is 0 Å². The maximum Gasteiger partial charge on any atom is 0.259 e. The molecule has 1 saturated heterocycles. The van der Waals surface area contributed by atoms with Gasteiger partial charge in [0, 0.05) is 36.9 Å². The second-order valence-corrected chi connectivity index (χ2v) is 6.47. The van der Waals surface area contributed by atoms with Crippen molar-refractivity contribution >= 4 is 23.2 Å². The molecular weight excluding hydrogens is 316 g/mol. The molecule has 25 heavy (non-hydrogen) atoms. The summed E-state index contributed by atoms with van der Waals surface area (Å²) in [6.07, 6.45) is 4.91. The molecule has 3 heterocycles. The van der Waals surface area contributed by atoms with Crippen LogP contribution in [-0.2, 0) is 11.2 Å². The summed E-state index contributed by atoms with van der Waals surface area (Å²) < 4.78 is 0. The lowest BCUT2D eigenvalue weighted by Crippen LogP contribution is -2.28. The number of fused-ring (bicyclic) bond motifs is 1. The van der Waals surface area contributed by atoms with Crippen molar-refractivity contribution in [1.29, 1.82) is 0 Å². The number of hydrogen-bond donors (Lipinski definition) is 2. The van der Waals surface area contributed by atoms with Gasteiger partial charge in [0.1, 0.15) is 0 Å². The van der Waals surface area contributed by atoms with Gasteiger partial charge in [-0.25, -0.2) is 0 Å². The molecule has 0 saturated carbocycles. The minimum Gasteiger partial charge on any atom is -0.326 e. The second kappa shape index (κ2) is 6.64. The maximum atomic E-state index is 12.7. The van der Waals surface area contributed by atoms with Crippen LogP contribution in [0.4, 0.5) is 11.4 Å². The molecule has 2 N–H and O–H groups in total. The summed E-state index contributed by atoms with van der Waals surface area (Å²) >= 11 is 0. The lowest BCUT2D eigenvalue weighted by Gasteiger charge is -2.17. The molecule has 2 aliphatic rings. The third-order valence-electron chi connectivity index (χ3n) is 4.83. The van der Waals surface area contributed by atoms with Crippen LogP contribution >= 0.6 is 0 Å². The van der Waals surface area contributed by atoms with E-state index in [4.69, 9.17) is 0 Å². The third-order valence-corrected chi connectivity index (χ3v) is 4.83. The van der Waals surface area contributed by atoms with Crippen molar-refractivity contribution in [2.75, 3.05) is 29.9 Å². The number of nitrogens with zero attached hydrogens (tertiary/aromatic N) is 2. The normalized spacial score (nSPS) is 18.9. The zero-order chi connectivity index (χ0) is 17.2. The first-order valence-corrected chi connectivity index (χ1v) is 8.59.